The van der Waals surface area contributed by atoms with Crippen molar-refractivity contribution in [3.8, 4) is 5.69 Å². The van der Waals surface area contributed by atoms with Crippen LogP contribution in [-0.4, -0.2) is 46.1 Å². The fraction of sp³-hybridized carbons (Fsp3) is 0.241. The quantitative estimate of drug-likeness (QED) is 0.439. The van der Waals surface area contributed by atoms with E-state index in [4.69, 9.17) is 0 Å². The molecule has 1 fully saturated rings. The summed E-state index contributed by atoms with van der Waals surface area (Å²) < 4.78 is 15.1. The van der Waals surface area contributed by atoms with E-state index in [1.54, 1.807) is 59.5 Å². The second kappa shape index (κ2) is 10.7. The highest BCUT2D eigenvalue weighted by atomic mass is 19.1. The number of halogens is 1. The van der Waals surface area contributed by atoms with Crippen LogP contribution in [0.15, 0.2) is 83.7 Å². The first-order valence-corrected chi connectivity index (χ1v) is 12.4. The zero-order valence-corrected chi connectivity index (χ0v) is 20.3. The number of nitrogens with one attached hydrogen (secondary N) is 1. The molecule has 188 valence electrons. The molecule has 3 aromatic carbocycles. The third-order valence-corrected chi connectivity index (χ3v) is 6.81. The lowest BCUT2D eigenvalue weighted by molar-refractivity contribution is -0.126. The largest absolute Gasteiger partial charge is 0.356 e. The zero-order valence-electron chi connectivity index (χ0n) is 20.3. The fourth-order valence-corrected chi connectivity index (χ4v) is 4.75. The highest BCUT2D eigenvalue weighted by Crippen LogP contribution is 2.22. The lowest BCUT2D eigenvalue weighted by Crippen LogP contribution is -2.44. The average molecular weight is 499 g/mol. The summed E-state index contributed by atoms with van der Waals surface area (Å²) in [5.74, 6) is -0.833. The number of amides is 2. The maximum atomic E-state index is 13.8. The summed E-state index contributed by atoms with van der Waals surface area (Å²) in [6, 6.07) is 22.5. The van der Waals surface area contributed by atoms with E-state index in [9.17, 15) is 18.8 Å². The van der Waals surface area contributed by atoms with Crippen LogP contribution in [0, 0.1) is 11.7 Å². The van der Waals surface area contributed by atoms with Crippen molar-refractivity contribution >= 4 is 22.6 Å². The Morgan fingerprint density at radius 1 is 0.892 bits per heavy atom. The fourth-order valence-electron chi connectivity index (χ4n) is 4.75. The molecule has 8 heteroatoms. The second-order valence-corrected chi connectivity index (χ2v) is 9.15. The Bertz CT molecular complexity index is 1490. The number of piperidine rings is 1. The number of likely N-dealkylation sites (tertiary alicyclic amines) is 1. The highest BCUT2D eigenvalue weighted by molar-refractivity contribution is 6.05. The molecule has 7 nitrogen and oxygen atoms in total. The first-order chi connectivity index (χ1) is 18.0. The number of nitrogens with zero attached hydrogens (tertiary/aromatic N) is 3. The predicted molar refractivity (Wildman–Crippen MR) is 139 cm³/mol. The minimum absolute atomic E-state index is 0.0790. The maximum Gasteiger partial charge on any atom is 0.279 e. The van der Waals surface area contributed by atoms with E-state index in [1.165, 1.54) is 10.7 Å². The van der Waals surface area contributed by atoms with Crippen LogP contribution in [0.2, 0.25) is 0 Å². The molecule has 0 aliphatic carbocycles. The lowest BCUT2D eigenvalue weighted by Gasteiger charge is -2.31. The molecular weight excluding hydrogens is 471 g/mol. The van der Waals surface area contributed by atoms with Gasteiger partial charge in [-0.3, -0.25) is 14.4 Å². The van der Waals surface area contributed by atoms with Crippen molar-refractivity contribution in [1.82, 2.24) is 20.0 Å². The van der Waals surface area contributed by atoms with Crippen molar-refractivity contribution in [3.63, 3.8) is 0 Å². The molecule has 1 aliphatic heterocycles. The first-order valence-electron chi connectivity index (χ1n) is 12.4. The molecule has 37 heavy (non-hydrogen) atoms. The van der Waals surface area contributed by atoms with Gasteiger partial charge in [-0.1, -0.05) is 54.6 Å². The van der Waals surface area contributed by atoms with Crippen molar-refractivity contribution in [2.75, 3.05) is 19.6 Å². The van der Waals surface area contributed by atoms with Gasteiger partial charge in [-0.25, -0.2) is 4.39 Å². The molecular formula is C29H27FN4O3. The molecule has 1 N–H and O–H groups in total. The standard InChI is InChI=1S/C29H27FN4O3/c30-25-13-7-4-8-20(25)14-17-31-27(35)21-15-18-33(19-16-21)29(37)26-23-11-5-6-12-24(23)28(36)34(32-26)22-9-2-1-3-10-22/h1-13,21H,14-19H2,(H,31,35). The van der Waals surface area contributed by atoms with E-state index in [0.717, 1.165) is 0 Å². The van der Waals surface area contributed by atoms with Gasteiger partial charge in [-0.05, 0) is 49.1 Å². The second-order valence-electron chi connectivity index (χ2n) is 9.15. The van der Waals surface area contributed by atoms with Crippen molar-refractivity contribution in [3.05, 3.63) is 106 Å². The topological polar surface area (TPSA) is 84.3 Å². The minimum Gasteiger partial charge on any atom is -0.356 e. The Morgan fingerprint density at radius 2 is 1.54 bits per heavy atom. The van der Waals surface area contributed by atoms with Crippen LogP contribution in [0.4, 0.5) is 4.39 Å². The van der Waals surface area contributed by atoms with Gasteiger partial charge < -0.3 is 10.2 Å². The number of fused-ring (bicyclic) bond motifs is 1. The van der Waals surface area contributed by atoms with Crippen LogP contribution >= 0.6 is 0 Å². The number of carbonyl (C=O) groups excluding carboxylic acids is 2. The minimum atomic E-state index is -0.288. The number of benzene rings is 3. The van der Waals surface area contributed by atoms with Gasteiger partial charge in [-0.2, -0.15) is 9.78 Å². The molecule has 5 rings (SSSR count). The SMILES string of the molecule is O=C(NCCc1ccccc1F)C1CCN(C(=O)c2nn(-c3ccccc3)c(=O)c3ccccc23)CC1. The smallest absolute Gasteiger partial charge is 0.279 e. The van der Waals surface area contributed by atoms with Gasteiger partial charge in [0.15, 0.2) is 5.69 Å². The molecule has 0 saturated carbocycles. The first kappa shape index (κ1) is 24.4. The monoisotopic (exact) mass is 498 g/mol. The Kier molecular flexibility index (Phi) is 7.07. The summed E-state index contributed by atoms with van der Waals surface area (Å²) >= 11 is 0. The van der Waals surface area contributed by atoms with E-state index in [0.29, 0.717) is 60.9 Å². The van der Waals surface area contributed by atoms with Crippen molar-refractivity contribution in [2.24, 2.45) is 5.92 Å². The molecule has 0 radical (unpaired) electrons. The Hall–Kier alpha value is -4.33. The maximum absolute atomic E-state index is 13.8. The summed E-state index contributed by atoms with van der Waals surface area (Å²) in [6.07, 6.45) is 1.46. The van der Waals surface area contributed by atoms with Crippen molar-refractivity contribution in [1.29, 1.82) is 0 Å². The van der Waals surface area contributed by atoms with Crippen LogP contribution in [-0.2, 0) is 11.2 Å². The van der Waals surface area contributed by atoms with E-state index < -0.39 is 0 Å². The Labute approximate surface area is 213 Å². The van der Waals surface area contributed by atoms with Gasteiger partial charge in [0, 0.05) is 30.9 Å². The molecule has 0 unspecified atom stereocenters. The van der Waals surface area contributed by atoms with E-state index in [1.807, 2.05) is 18.2 Å². The summed E-state index contributed by atoms with van der Waals surface area (Å²) in [4.78, 5) is 41.0. The highest BCUT2D eigenvalue weighted by Gasteiger charge is 2.29. The van der Waals surface area contributed by atoms with Crippen molar-refractivity contribution in [2.45, 2.75) is 19.3 Å². The molecule has 1 saturated heterocycles. The Morgan fingerprint density at radius 3 is 2.27 bits per heavy atom. The van der Waals surface area contributed by atoms with Gasteiger partial charge in [-0.15, -0.1) is 0 Å². The van der Waals surface area contributed by atoms with Crippen LogP contribution in [0.1, 0.15) is 28.9 Å². The van der Waals surface area contributed by atoms with Crippen LogP contribution in [0.3, 0.4) is 0 Å². The zero-order chi connectivity index (χ0) is 25.8. The molecule has 1 aliphatic rings. The number of rotatable bonds is 6. The van der Waals surface area contributed by atoms with Crippen LogP contribution in [0.5, 0.6) is 0 Å². The van der Waals surface area contributed by atoms with Crippen LogP contribution < -0.4 is 10.9 Å². The van der Waals surface area contributed by atoms with Gasteiger partial charge >= 0.3 is 0 Å². The molecule has 4 aromatic rings. The summed E-state index contributed by atoms with van der Waals surface area (Å²) in [5.41, 5.74) is 1.08. The predicted octanol–water partition coefficient (Wildman–Crippen LogP) is 3.74. The lowest BCUT2D eigenvalue weighted by atomic mass is 9.95. The molecule has 1 aromatic heterocycles. The van der Waals surface area contributed by atoms with Gasteiger partial charge in [0.25, 0.3) is 11.5 Å². The Balaban J connectivity index is 1.27. The summed E-state index contributed by atoms with van der Waals surface area (Å²) in [6.45, 7) is 1.17. The van der Waals surface area contributed by atoms with Gasteiger partial charge in [0.2, 0.25) is 5.91 Å². The third-order valence-electron chi connectivity index (χ3n) is 6.81. The summed E-state index contributed by atoms with van der Waals surface area (Å²) in [5, 5.41) is 8.32. The molecule has 2 amide bonds. The number of carbonyl (C=O) groups is 2. The van der Waals surface area contributed by atoms with E-state index >= 15 is 0 Å². The van der Waals surface area contributed by atoms with Gasteiger partial charge in [0.05, 0.1) is 11.1 Å². The number of para-hydroxylation sites is 1. The normalized spacial score (nSPS) is 14.0. The molecule has 0 bridgehead atoms. The molecule has 2 heterocycles. The summed E-state index contributed by atoms with van der Waals surface area (Å²) in [7, 11) is 0. The third kappa shape index (κ3) is 5.14. The van der Waals surface area contributed by atoms with Crippen LogP contribution in [0.25, 0.3) is 16.5 Å². The van der Waals surface area contributed by atoms with E-state index in [-0.39, 0.29) is 34.8 Å². The van der Waals surface area contributed by atoms with Crippen molar-refractivity contribution < 1.29 is 14.0 Å². The number of hydrogen-bond donors (Lipinski definition) is 1. The average Bonchev–Trinajstić information content (AvgIpc) is 2.94. The molecule has 0 spiro atoms. The number of aromatic nitrogens is 2. The van der Waals surface area contributed by atoms with E-state index in [2.05, 4.69) is 10.4 Å². The molecule has 0 atom stereocenters. The number of hydrogen-bond acceptors (Lipinski definition) is 4. The van der Waals surface area contributed by atoms with Gasteiger partial charge in [0.1, 0.15) is 5.82 Å².